The molecule has 0 aliphatic carbocycles. The molecule has 1 N–H and O–H groups in total. The Hall–Kier alpha value is -3.22. The minimum Gasteiger partial charge on any atom is -0.454 e. The van der Waals surface area contributed by atoms with Gasteiger partial charge in [0.05, 0.1) is 6.20 Å². The summed E-state index contributed by atoms with van der Waals surface area (Å²) in [6, 6.07) is 9.65. The van der Waals surface area contributed by atoms with Gasteiger partial charge >= 0.3 is 0 Å². The number of hydrogen-bond donors (Lipinski definition) is 1. The largest absolute Gasteiger partial charge is 0.454 e. The molecule has 0 unspecified atom stereocenters. The van der Waals surface area contributed by atoms with E-state index in [-0.39, 0.29) is 12.7 Å². The lowest BCUT2D eigenvalue weighted by molar-refractivity contribution is 0.0954. The third kappa shape index (κ3) is 2.96. The fourth-order valence-electron chi connectivity index (χ4n) is 2.89. The lowest BCUT2D eigenvalue weighted by atomic mass is 10.1. The predicted octanol–water partition coefficient (Wildman–Crippen LogP) is 1.91. The SMILES string of the molecule is Cn1ncc(C(=O)NCCc2ccc3c(c2)OCO3)c1-n1cccc1. The first-order valence-electron chi connectivity index (χ1n) is 8.04. The molecule has 0 fully saturated rings. The molecule has 0 spiro atoms. The summed E-state index contributed by atoms with van der Waals surface area (Å²) >= 11 is 0. The molecule has 0 saturated carbocycles. The molecule has 0 atom stereocenters. The van der Waals surface area contributed by atoms with Crippen molar-refractivity contribution >= 4 is 5.91 Å². The number of benzene rings is 1. The standard InChI is InChI=1S/C18H18N4O3/c1-21-18(22-8-2-3-9-22)14(11-20-21)17(23)19-7-6-13-4-5-15-16(10-13)25-12-24-15/h2-5,8-11H,6-7,12H2,1H3,(H,19,23). The quantitative estimate of drug-likeness (QED) is 0.771. The maximum Gasteiger partial charge on any atom is 0.256 e. The molecule has 128 valence electrons. The van der Waals surface area contributed by atoms with Gasteiger partial charge in [0.2, 0.25) is 6.79 Å². The van der Waals surface area contributed by atoms with Crippen molar-refractivity contribution in [3.63, 3.8) is 0 Å². The van der Waals surface area contributed by atoms with Crippen molar-refractivity contribution in [2.24, 2.45) is 7.05 Å². The zero-order valence-corrected chi connectivity index (χ0v) is 13.8. The van der Waals surface area contributed by atoms with Gasteiger partial charge in [-0.15, -0.1) is 0 Å². The lowest BCUT2D eigenvalue weighted by Gasteiger charge is -2.09. The second-order valence-electron chi connectivity index (χ2n) is 5.79. The summed E-state index contributed by atoms with van der Waals surface area (Å²) in [5.41, 5.74) is 1.63. The van der Waals surface area contributed by atoms with Crippen LogP contribution in [0.25, 0.3) is 5.82 Å². The Labute approximate surface area is 144 Å². The van der Waals surface area contributed by atoms with Gasteiger partial charge in [0.25, 0.3) is 5.91 Å². The fraction of sp³-hybridized carbons (Fsp3) is 0.222. The molecule has 1 aliphatic rings. The molecule has 0 radical (unpaired) electrons. The Balaban J connectivity index is 1.42. The molecule has 7 heteroatoms. The number of amides is 1. The van der Waals surface area contributed by atoms with Gasteiger partial charge in [-0.1, -0.05) is 6.07 Å². The van der Waals surface area contributed by atoms with E-state index in [1.165, 1.54) is 0 Å². The second kappa shape index (κ2) is 6.35. The first-order chi connectivity index (χ1) is 12.2. The molecular weight excluding hydrogens is 320 g/mol. The van der Waals surface area contributed by atoms with Crippen molar-refractivity contribution in [1.29, 1.82) is 0 Å². The number of aromatic nitrogens is 3. The number of nitrogens with one attached hydrogen (secondary N) is 1. The molecule has 25 heavy (non-hydrogen) atoms. The Morgan fingerprint density at radius 1 is 1.24 bits per heavy atom. The van der Waals surface area contributed by atoms with E-state index in [4.69, 9.17) is 9.47 Å². The van der Waals surface area contributed by atoms with Crippen LogP contribution in [0.3, 0.4) is 0 Å². The average Bonchev–Trinajstić information content (AvgIpc) is 3.34. The normalized spacial score (nSPS) is 12.4. The van der Waals surface area contributed by atoms with E-state index in [2.05, 4.69) is 10.4 Å². The maximum absolute atomic E-state index is 12.5. The Morgan fingerprint density at radius 3 is 2.88 bits per heavy atom. The molecule has 1 aromatic carbocycles. The highest BCUT2D eigenvalue weighted by Gasteiger charge is 2.17. The van der Waals surface area contributed by atoms with E-state index in [9.17, 15) is 4.79 Å². The third-order valence-corrected chi connectivity index (χ3v) is 4.14. The molecule has 7 nitrogen and oxygen atoms in total. The van der Waals surface area contributed by atoms with E-state index < -0.39 is 0 Å². The molecule has 0 saturated heterocycles. The minimum absolute atomic E-state index is 0.141. The van der Waals surface area contributed by atoms with Crippen LogP contribution in [0.1, 0.15) is 15.9 Å². The topological polar surface area (TPSA) is 70.3 Å². The first-order valence-corrected chi connectivity index (χ1v) is 8.04. The lowest BCUT2D eigenvalue weighted by Crippen LogP contribution is -2.26. The average molecular weight is 338 g/mol. The van der Waals surface area contributed by atoms with Crippen LogP contribution in [0, 0.1) is 0 Å². The number of hydrogen-bond acceptors (Lipinski definition) is 4. The van der Waals surface area contributed by atoms with Crippen molar-refractivity contribution in [2.45, 2.75) is 6.42 Å². The minimum atomic E-state index is -0.141. The smallest absolute Gasteiger partial charge is 0.256 e. The van der Waals surface area contributed by atoms with Gasteiger partial charge in [0, 0.05) is 26.0 Å². The van der Waals surface area contributed by atoms with Gasteiger partial charge in [-0.05, 0) is 36.2 Å². The Morgan fingerprint density at radius 2 is 2.04 bits per heavy atom. The maximum atomic E-state index is 12.5. The van der Waals surface area contributed by atoms with E-state index in [1.54, 1.807) is 10.9 Å². The highest BCUT2D eigenvalue weighted by atomic mass is 16.7. The van der Waals surface area contributed by atoms with Crippen LogP contribution in [0.15, 0.2) is 48.9 Å². The Bertz CT molecular complexity index is 899. The number of aryl methyl sites for hydroxylation is 1. The van der Waals surface area contributed by atoms with E-state index in [0.29, 0.717) is 18.5 Å². The molecule has 4 rings (SSSR count). The van der Waals surface area contributed by atoms with E-state index in [1.807, 2.05) is 54.3 Å². The fourth-order valence-corrected chi connectivity index (χ4v) is 2.89. The Kier molecular flexibility index (Phi) is 3.89. The number of carbonyl (C=O) groups excluding carboxylic acids is 1. The highest BCUT2D eigenvalue weighted by Crippen LogP contribution is 2.32. The first kappa shape index (κ1) is 15.3. The van der Waals surface area contributed by atoms with Crippen molar-refractivity contribution in [2.75, 3.05) is 13.3 Å². The zero-order chi connectivity index (χ0) is 17.2. The number of rotatable bonds is 5. The molecule has 2 aromatic heterocycles. The highest BCUT2D eigenvalue weighted by molar-refractivity contribution is 5.97. The van der Waals surface area contributed by atoms with Gasteiger partial charge < -0.3 is 19.4 Å². The molecular formula is C18H18N4O3. The molecule has 1 amide bonds. The summed E-state index contributed by atoms with van der Waals surface area (Å²) in [6.07, 6.45) is 6.08. The molecule has 3 aromatic rings. The van der Waals surface area contributed by atoms with Crippen LogP contribution in [-0.4, -0.2) is 33.6 Å². The number of fused-ring (bicyclic) bond motifs is 1. The van der Waals surface area contributed by atoms with E-state index >= 15 is 0 Å². The summed E-state index contributed by atoms with van der Waals surface area (Å²) < 4.78 is 14.2. The van der Waals surface area contributed by atoms with Crippen LogP contribution in [-0.2, 0) is 13.5 Å². The predicted molar refractivity (Wildman–Crippen MR) is 91.1 cm³/mol. The number of carbonyl (C=O) groups is 1. The van der Waals surface area contributed by atoms with Crippen LogP contribution >= 0.6 is 0 Å². The summed E-state index contributed by atoms with van der Waals surface area (Å²) in [5, 5.41) is 7.16. The van der Waals surface area contributed by atoms with Gasteiger partial charge in [-0.25, -0.2) is 0 Å². The van der Waals surface area contributed by atoms with Crippen molar-refractivity contribution in [3.8, 4) is 17.3 Å². The third-order valence-electron chi connectivity index (χ3n) is 4.14. The van der Waals surface area contributed by atoms with Crippen LogP contribution in [0.5, 0.6) is 11.5 Å². The van der Waals surface area contributed by atoms with Gasteiger partial charge in [-0.2, -0.15) is 5.10 Å². The second-order valence-corrected chi connectivity index (χ2v) is 5.79. The van der Waals surface area contributed by atoms with Gasteiger partial charge in [-0.3, -0.25) is 9.48 Å². The summed E-state index contributed by atoms with van der Waals surface area (Å²) in [7, 11) is 1.82. The summed E-state index contributed by atoms with van der Waals surface area (Å²) in [4.78, 5) is 12.5. The number of nitrogens with zero attached hydrogens (tertiary/aromatic N) is 3. The van der Waals surface area contributed by atoms with Crippen LogP contribution in [0.4, 0.5) is 0 Å². The van der Waals surface area contributed by atoms with Gasteiger partial charge in [0.1, 0.15) is 11.4 Å². The molecule has 1 aliphatic heterocycles. The summed E-state index contributed by atoms with van der Waals surface area (Å²) in [6.45, 7) is 0.789. The zero-order valence-electron chi connectivity index (χ0n) is 13.8. The monoisotopic (exact) mass is 338 g/mol. The van der Waals surface area contributed by atoms with Gasteiger partial charge in [0.15, 0.2) is 11.5 Å². The van der Waals surface area contributed by atoms with E-state index in [0.717, 1.165) is 22.9 Å². The van der Waals surface area contributed by atoms with Crippen molar-refractivity contribution < 1.29 is 14.3 Å². The van der Waals surface area contributed by atoms with Crippen molar-refractivity contribution in [3.05, 3.63) is 60.0 Å². The number of ether oxygens (including phenoxy) is 2. The molecule has 0 bridgehead atoms. The summed E-state index contributed by atoms with van der Waals surface area (Å²) in [5.74, 6) is 2.12. The van der Waals surface area contributed by atoms with Crippen LogP contribution < -0.4 is 14.8 Å². The molecule has 3 heterocycles. The van der Waals surface area contributed by atoms with Crippen molar-refractivity contribution in [1.82, 2.24) is 19.7 Å². The van der Waals surface area contributed by atoms with Crippen LogP contribution in [0.2, 0.25) is 0 Å².